The monoisotopic (exact) mass is 423 g/mol. The summed E-state index contributed by atoms with van der Waals surface area (Å²) in [7, 11) is 0. The first kappa shape index (κ1) is 19.5. The number of nitrogens with zero attached hydrogens (tertiary/aromatic N) is 2. The van der Waals surface area contributed by atoms with E-state index < -0.39 is 36.0 Å². The molecule has 3 atom stereocenters. The van der Waals surface area contributed by atoms with Crippen molar-refractivity contribution in [2.24, 2.45) is 16.6 Å². The number of halogens is 3. The van der Waals surface area contributed by atoms with Gasteiger partial charge < -0.3 is 20.5 Å². The number of pyridine rings is 1. The molecule has 1 amide bonds. The molecule has 1 fully saturated rings. The average molecular weight is 424 g/mol. The van der Waals surface area contributed by atoms with Gasteiger partial charge >= 0.3 is 0 Å². The maximum Gasteiger partial charge on any atom is 0.282 e. The predicted octanol–water partition coefficient (Wildman–Crippen LogP) is 1.69. The molecule has 7 nitrogen and oxygen atoms in total. The zero-order valence-corrected chi connectivity index (χ0v) is 15.9. The quantitative estimate of drug-likeness (QED) is 0.779. The van der Waals surface area contributed by atoms with E-state index in [0.29, 0.717) is 10.7 Å². The number of alkyl halides is 1. The molecule has 2 aliphatic heterocycles. The molecular formula is C19H18ClF2N4O3+. The highest BCUT2D eigenvalue weighted by molar-refractivity contribution is 6.02. The number of carbonyl (C=O) groups excluding carboxylic acids is 1. The number of rotatable bonds is 4. The van der Waals surface area contributed by atoms with E-state index in [1.54, 1.807) is 6.07 Å². The molecule has 152 valence electrons. The Morgan fingerprint density at radius 1 is 1.38 bits per heavy atom. The number of anilines is 1. The summed E-state index contributed by atoms with van der Waals surface area (Å²) in [4.78, 5) is 20.7. The number of amidine groups is 1. The molecule has 2 aromatic rings. The van der Waals surface area contributed by atoms with Crippen molar-refractivity contribution in [2.75, 3.05) is 25.2 Å². The van der Waals surface area contributed by atoms with Gasteiger partial charge in [0.15, 0.2) is 11.6 Å². The Balaban J connectivity index is 1.68. The molecule has 2 aliphatic rings. The molecule has 0 radical (unpaired) electrons. The van der Waals surface area contributed by atoms with Gasteiger partial charge in [-0.25, -0.2) is 18.8 Å². The molecule has 0 bridgehead atoms. The Bertz CT molecular complexity index is 972. The summed E-state index contributed by atoms with van der Waals surface area (Å²) in [6.07, 6.45) is 0.613. The van der Waals surface area contributed by atoms with E-state index >= 15 is 0 Å². The van der Waals surface area contributed by atoms with Gasteiger partial charge in [-0.1, -0.05) is 0 Å². The molecule has 10 heteroatoms. The summed E-state index contributed by atoms with van der Waals surface area (Å²) in [5.41, 5.74) is 5.14. The number of benzene rings is 1. The zero-order chi connectivity index (χ0) is 20.6. The van der Waals surface area contributed by atoms with Crippen molar-refractivity contribution in [3.05, 3.63) is 58.6 Å². The molecule has 0 spiro atoms. The molecule has 1 aromatic heterocycles. The second-order valence-electron chi connectivity index (χ2n) is 6.82. The molecule has 1 aromatic carbocycles. The summed E-state index contributed by atoms with van der Waals surface area (Å²) in [6.45, 7) is -0.752. The van der Waals surface area contributed by atoms with Crippen LogP contribution in [-0.2, 0) is 15.0 Å². The third-order valence-electron chi connectivity index (χ3n) is 5.11. The standard InChI is InChI=1S/C19H17ClF2N4O3/c20-10-1-4-15(24-7-10)17(27)25-11-2-3-14(22)12(5-11)19-9-29-16(6-21)13(19)8-28-18(23)26-19/h1-5,7,13,16,20H,6,8-9H2,(H2-,23,25,26,27)/p+1. The van der Waals surface area contributed by atoms with Crippen molar-refractivity contribution in [3.8, 4) is 0 Å². The van der Waals surface area contributed by atoms with Crippen LogP contribution >= 0.6 is 0 Å². The SMILES string of the molecule is NC1=NC2(c3cc(NC(=O)c4ccc([ClH+])cn4)ccc3F)COC(CF)C2CO1. The lowest BCUT2D eigenvalue weighted by atomic mass is 9.78. The second kappa shape index (κ2) is 7.57. The van der Waals surface area contributed by atoms with E-state index in [9.17, 15) is 13.6 Å². The normalized spacial score (nSPS) is 25.7. The van der Waals surface area contributed by atoms with Crippen molar-refractivity contribution >= 4 is 17.6 Å². The van der Waals surface area contributed by atoms with Gasteiger partial charge in [0.2, 0.25) is 5.02 Å². The fourth-order valence-corrected chi connectivity index (χ4v) is 3.78. The Labute approximate surface area is 169 Å². The highest BCUT2D eigenvalue weighted by atomic mass is 35.5. The zero-order valence-electron chi connectivity index (χ0n) is 15.1. The first-order valence-electron chi connectivity index (χ1n) is 8.83. The van der Waals surface area contributed by atoms with Gasteiger partial charge in [0.05, 0.1) is 31.4 Å². The van der Waals surface area contributed by atoms with Crippen LogP contribution in [0.1, 0.15) is 16.1 Å². The molecular weight excluding hydrogens is 406 g/mol. The van der Waals surface area contributed by atoms with Crippen LogP contribution in [0.5, 0.6) is 0 Å². The first-order chi connectivity index (χ1) is 13.9. The van der Waals surface area contributed by atoms with Crippen LogP contribution in [0.4, 0.5) is 14.5 Å². The minimum Gasteiger partial charge on any atom is -0.465 e. The number of amides is 1. The molecule has 4 rings (SSSR count). The summed E-state index contributed by atoms with van der Waals surface area (Å²) in [6, 6.07) is 7.04. The van der Waals surface area contributed by atoms with Crippen LogP contribution in [0.15, 0.2) is 41.5 Å². The van der Waals surface area contributed by atoms with Crippen molar-refractivity contribution in [3.63, 3.8) is 0 Å². The number of hydrogen-bond donors (Lipinski definition) is 2. The smallest absolute Gasteiger partial charge is 0.282 e. The molecule has 0 saturated carbocycles. The van der Waals surface area contributed by atoms with Crippen molar-refractivity contribution < 1.29 is 34.7 Å². The number of hydrogen-bond acceptors (Lipinski definition) is 6. The average Bonchev–Trinajstić information content (AvgIpc) is 3.08. The van der Waals surface area contributed by atoms with Gasteiger partial charge in [-0.15, -0.1) is 0 Å². The topological polar surface area (TPSA) is 98.8 Å². The number of nitrogens with two attached hydrogens (primary N) is 1. The van der Waals surface area contributed by atoms with Crippen molar-refractivity contribution in [1.82, 2.24) is 4.98 Å². The van der Waals surface area contributed by atoms with Gasteiger partial charge in [-0.05, 0) is 24.3 Å². The molecule has 0 aliphatic carbocycles. The molecule has 29 heavy (non-hydrogen) atoms. The van der Waals surface area contributed by atoms with Crippen molar-refractivity contribution in [2.45, 2.75) is 11.6 Å². The fourth-order valence-electron chi connectivity index (χ4n) is 3.66. The van der Waals surface area contributed by atoms with Gasteiger partial charge in [0.25, 0.3) is 11.9 Å². The number of aromatic nitrogens is 1. The Kier molecular flexibility index (Phi) is 5.10. The van der Waals surface area contributed by atoms with Gasteiger partial charge in [0, 0.05) is 17.3 Å². The van der Waals surface area contributed by atoms with E-state index in [1.165, 1.54) is 30.5 Å². The second-order valence-corrected chi connectivity index (χ2v) is 7.29. The fraction of sp³-hybridized carbons (Fsp3) is 0.316. The third kappa shape index (κ3) is 3.51. The minimum atomic E-state index is -1.23. The molecule has 3 N–H and O–H groups in total. The van der Waals surface area contributed by atoms with E-state index in [1.807, 2.05) is 0 Å². The van der Waals surface area contributed by atoms with E-state index in [-0.39, 0.29) is 30.5 Å². The number of fused-ring (bicyclic) bond motifs is 1. The maximum absolute atomic E-state index is 14.8. The number of nitrogens with one attached hydrogen (secondary N) is 1. The lowest BCUT2D eigenvalue weighted by Crippen LogP contribution is -2.45. The van der Waals surface area contributed by atoms with Crippen LogP contribution in [0, 0.1) is 23.3 Å². The van der Waals surface area contributed by atoms with E-state index in [0.717, 1.165) is 0 Å². The van der Waals surface area contributed by atoms with Crippen LogP contribution in [-0.4, -0.2) is 42.9 Å². The third-order valence-corrected chi connectivity index (χ3v) is 5.35. The van der Waals surface area contributed by atoms with Gasteiger partial charge in [-0.3, -0.25) is 4.79 Å². The number of ether oxygens (including phenoxy) is 2. The number of carbonyl (C=O) groups is 1. The van der Waals surface area contributed by atoms with Crippen LogP contribution < -0.4 is 11.1 Å². The minimum absolute atomic E-state index is 0.0491. The highest BCUT2D eigenvalue weighted by Crippen LogP contribution is 2.46. The van der Waals surface area contributed by atoms with Crippen LogP contribution in [0.2, 0.25) is 5.02 Å². The molecule has 3 heterocycles. The largest absolute Gasteiger partial charge is 0.465 e. The van der Waals surface area contributed by atoms with Gasteiger partial charge in [0.1, 0.15) is 23.7 Å². The van der Waals surface area contributed by atoms with Crippen LogP contribution in [0.25, 0.3) is 0 Å². The number of aliphatic imine (C=N–C) groups is 1. The van der Waals surface area contributed by atoms with E-state index in [4.69, 9.17) is 26.8 Å². The molecule has 1 saturated heterocycles. The predicted molar refractivity (Wildman–Crippen MR) is 97.6 cm³/mol. The molecule has 3 unspecified atom stereocenters. The Hall–Kier alpha value is -2.78. The highest BCUT2D eigenvalue weighted by Gasteiger charge is 2.55. The first-order valence-corrected chi connectivity index (χ1v) is 9.24. The Morgan fingerprint density at radius 3 is 2.93 bits per heavy atom. The lowest BCUT2D eigenvalue weighted by Gasteiger charge is -2.35. The van der Waals surface area contributed by atoms with Crippen molar-refractivity contribution in [1.29, 1.82) is 0 Å². The lowest BCUT2D eigenvalue weighted by molar-refractivity contribution is -0.289. The van der Waals surface area contributed by atoms with Crippen LogP contribution in [0.3, 0.4) is 0 Å². The summed E-state index contributed by atoms with van der Waals surface area (Å²) in [5.74, 6) is -1.60. The maximum atomic E-state index is 14.8. The summed E-state index contributed by atoms with van der Waals surface area (Å²) in [5, 5.41) is 3.18. The van der Waals surface area contributed by atoms with Gasteiger partial charge in [-0.2, -0.15) is 0 Å². The Morgan fingerprint density at radius 2 is 2.21 bits per heavy atom. The summed E-state index contributed by atoms with van der Waals surface area (Å²) >= 11 is 4.96. The van der Waals surface area contributed by atoms with E-state index in [2.05, 4.69) is 15.3 Å². The summed E-state index contributed by atoms with van der Waals surface area (Å²) < 4.78 is 39.0.